The average Bonchev–Trinajstić information content (AvgIpc) is 3.42. The molecule has 3 aliphatic heterocycles. The monoisotopic (exact) mass is 806 g/mol. The first-order chi connectivity index (χ1) is 26.9. The maximum Gasteiger partial charge on any atom is 0.266 e. The molecule has 0 aliphatic carbocycles. The van der Waals surface area contributed by atoms with Crippen molar-refractivity contribution in [3.63, 3.8) is 0 Å². The van der Waals surface area contributed by atoms with Crippen molar-refractivity contribution in [3.8, 4) is 5.75 Å². The number of likely N-dealkylation sites (tertiary alicyclic amines) is 1. The Kier molecular flexibility index (Phi) is 13.4. The largest absolute Gasteiger partial charge is 0.483 e. The smallest absolute Gasteiger partial charge is 0.266 e. The van der Waals surface area contributed by atoms with Crippen LogP contribution in [0.2, 0.25) is 5.02 Å². The van der Waals surface area contributed by atoms with E-state index in [4.69, 9.17) is 16.3 Å². The van der Waals surface area contributed by atoms with Gasteiger partial charge in [-0.2, -0.15) is 4.98 Å². The summed E-state index contributed by atoms with van der Waals surface area (Å²) in [6, 6.07) is 11.1. The van der Waals surface area contributed by atoms with Gasteiger partial charge in [0, 0.05) is 30.9 Å². The molecule has 2 atom stereocenters. The van der Waals surface area contributed by atoms with Crippen molar-refractivity contribution in [2.75, 3.05) is 56.7 Å². The molecule has 3 aliphatic rings. The molecule has 2 fully saturated rings. The van der Waals surface area contributed by atoms with Gasteiger partial charge < -0.3 is 30.2 Å². The van der Waals surface area contributed by atoms with E-state index in [9.17, 15) is 28.5 Å². The minimum Gasteiger partial charge on any atom is -0.483 e. The van der Waals surface area contributed by atoms with Crippen molar-refractivity contribution in [2.24, 2.45) is 0 Å². The lowest BCUT2D eigenvalue weighted by molar-refractivity contribution is -0.136. The molecule has 15 nitrogen and oxygen atoms in total. The van der Waals surface area contributed by atoms with Crippen LogP contribution in [0, 0.1) is 0 Å². The summed E-state index contributed by atoms with van der Waals surface area (Å²) in [6.07, 6.45) is 8.69. The maximum atomic E-state index is 13.2. The van der Waals surface area contributed by atoms with E-state index in [1.165, 1.54) is 12.1 Å². The number of halogens is 1. The van der Waals surface area contributed by atoms with Crippen LogP contribution in [-0.4, -0.2) is 108 Å². The number of rotatable bonds is 17. The van der Waals surface area contributed by atoms with Crippen molar-refractivity contribution < 1.29 is 33.3 Å². The minimum absolute atomic E-state index is 0.00880. The molecule has 1 aromatic heterocycles. The Morgan fingerprint density at radius 3 is 2.59 bits per heavy atom. The summed E-state index contributed by atoms with van der Waals surface area (Å²) in [6.45, 7) is 6.55. The summed E-state index contributed by atoms with van der Waals surface area (Å²) in [5, 5.41) is 12.9. The van der Waals surface area contributed by atoms with Gasteiger partial charge in [-0.25, -0.2) is 4.98 Å². The zero-order valence-corrected chi connectivity index (χ0v) is 33.3. The number of carbonyl (C=O) groups is 5. The molecule has 17 heteroatoms. The van der Waals surface area contributed by atoms with Gasteiger partial charge in [0.05, 0.1) is 23.0 Å². The molecule has 1 unspecified atom stereocenters. The third kappa shape index (κ3) is 10.1. The Labute approximate surface area is 331 Å². The highest BCUT2D eigenvalue weighted by Gasteiger charge is 2.46. The van der Waals surface area contributed by atoms with Crippen LogP contribution in [0.25, 0.3) is 0 Å². The molecular formula is C39H48ClN8O7P. The highest BCUT2D eigenvalue weighted by molar-refractivity contribution is 7.70. The predicted molar refractivity (Wildman–Crippen MR) is 214 cm³/mol. The molecule has 0 spiro atoms. The van der Waals surface area contributed by atoms with Gasteiger partial charge in [-0.3, -0.25) is 34.2 Å². The number of benzene rings is 2. The summed E-state index contributed by atoms with van der Waals surface area (Å²) >= 11 is 6.44. The van der Waals surface area contributed by atoms with Crippen molar-refractivity contribution in [1.82, 2.24) is 30.4 Å². The summed E-state index contributed by atoms with van der Waals surface area (Å²) in [5.74, 6) is -1.77. The van der Waals surface area contributed by atoms with Gasteiger partial charge in [0.25, 0.3) is 17.7 Å². The van der Waals surface area contributed by atoms with Crippen LogP contribution in [0.15, 0.2) is 48.7 Å². The first kappa shape index (κ1) is 40.8. The number of anilines is 3. The second kappa shape index (κ2) is 18.4. The standard InChI is InChI=1S/C39H48ClN8O7P/c1-56(2,54)31-16-7-6-14-28(31)44-35-27(40)22-42-39(46-35)43-25-12-11-21-47(23-25)20-9-5-3-4-8-19-41-33(50)24-55-30-15-10-13-26-34(30)38(53)48(37(26)52)29-17-18-32(49)45-36(29)51/h6-7,10,13-16,22,25,29H,3-5,8-9,11-12,17-21,23-24H2,1-2H3,(H,41,50)(H,45,49,51)(H2,42,43,44,46)/t25-,29?/m1/s1. The summed E-state index contributed by atoms with van der Waals surface area (Å²) in [7, 11) is -2.52. The number of unbranched alkanes of at least 4 members (excludes halogenated alkanes) is 4. The summed E-state index contributed by atoms with van der Waals surface area (Å²) < 4.78 is 18.5. The highest BCUT2D eigenvalue weighted by Crippen LogP contribution is 2.39. The zero-order valence-electron chi connectivity index (χ0n) is 31.6. The molecule has 298 valence electrons. The van der Waals surface area contributed by atoms with Crippen LogP contribution in [0.5, 0.6) is 5.75 Å². The van der Waals surface area contributed by atoms with E-state index in [1.54, 1.807) is 25.6 Å². The van der Waals surface area contributed by atoms with Gasteiger partial charge >= 0.3 is 0 Å². The van der Waals surface area contributed by atoms with E-state index >= 15 is 0 Å². The normalized spacial score (nSPS) is 18.7. The van der Waals surface area contributed by atoms with E-state index in [2.05, 4.69) is 36.1 Å². The van der Waals surface area contributed by atoms with Gasteiger partial charge in [-0.15, -0.1) is 0 Å². The first-order valence-electron chi connectivity index (χ1n) is 19.1. The number of hydrogen-bond acceptors (Lipinski definition) is 12. The Hall–Kier alpha value is -4.85. The number of fused-ring (bicyclic) bond motifs is 1. The van der Waals surface area contributed by atoms with Crippen molar-refractivity contribution in [3.05, 3.63) is 64.8 Å². The molecule has 2 aromatic carbocycles. The predicted octanol–water partition coefficient (Wildman–Crippen LogP) is 4.54. The van der Waals surface area contributed by atoms with E-state index in [0.29, 0.717) is 29.0 Å². The highest BCUT2D eigenvalue weighted by atomic mass is 35.5. The van der Waals surface area contributed by atoms with E-state index in [-0.39, 0.29) is 48.3 Å². The van der Waals surface area contributed by atoms with E-state index < -0.39 is 36.8 Å². The molecular weight excluding hydrogens is 759 g/mol. The molecule has 4 N–H and O–H groups in total. The molecule has 0 bridgehead atoms. The number of piperidine rings is 2. The number of nitrogens with one attached hydrogen (secondary N) is 4. The maximum absolute atomic E-state index is 13.2. The molecule has 4 heterocycles. The Morgan fingerprint density at radius 1 is 1.00 bits per heavy atom. The number of amides is 5. The molecule has 56 heavy (non-hydrogen) atoms. The number of nitrogens with zero attached hydrogens (tertiary/aromatic N) is 4. The number of aromatic nitrogens is 2. The van der Waals surface area contributed by atoms with Crippen LogP contribution in [-0.2, 0) is 18.9 Å². The van der Waals surface area contributed by atoms with Gasteiger partial charge in [0.1, 0.15) is 24.0 Å². The minimum atomic E-state index is -2.52. The lowest BCUT2D eigenvalue weighted by atomic mass is 10.0. The second-order valence-electron chi connectivity index (χ2n) is 14.7. The van der Waals surface area contributed by atoms with Crippen LogP contribution < -0.4 is 31.3 Å². The summed E-state index contributed by atoms with van der Waals surface area (Å²) in [4.78, 5) is 75.1. The van der Waals surface area contributed by atoms with Gasteiger partial charge in [0.15, 0.2) is 12.4 Å². The third-order valence-electron chi connectivity index (χ3n) is 10.1. The molecule has 5 amide bonds. The van der Waals surface area contributed by atoms with Crippen LogP contribution in [0.1, 0.15) is 78.5 Å². The van der Waals surface area contributed by atoms with Crippen molar-refractivity contribution >= 4 is 71.0 Å². The fourth-order valence-corrected chi connectivity index (χ4v) is 8.57. The Morgan fingerprint density at radius 2 is 1.79 bits per heavy atom. The first-order valence-corrected chi connectivity index (χ1v) is 22.0. The Balaban J connectivity index is 0.864. The summed E-state index contributed by atoms with van der Waals surface area (Å²) in [5.41, 5.74) is 0.811. The van der Waals surface area contributed by atoms with E-state index in [1.807, 2.05) is 24.3 Å². The molecule has 0 saturated carbocycles. The average molecular weight is 807 g/mol. The Bertz CT molecular complexity index is 2030. The van der Waals surface area contributed by atoms with Gasteiger partial charge in [-0.1, -0.05) is 49.1 Å². The van der Waals surface area contributed by atoms with Crippen molar-refractivity contribution in [2.45, 2.75) is 69.9 Å². The fraction of sp³-hybridized carbons (Fsp3) is 0.462. The van der Waals surface area contributed by atoms with Crippen LogP contribution >= 0.6 is 18.7 Å². The number of carbonyl (C=O) groups excluding carboxylic acids is 5. The quantitative estimate of drug-likeness (QED) is 0.0847. The lowest BCUT2D eigenvalue weighted by Crippen LogP contribution is -2.54. The van der Waals surface area contributed by atoms with Gasteiger partial charge in [-0.05, 0) is 82.8 Å². The second-order valence-corrected chi connectivity index (χ2v) is 18.3. The van der Waals surface area contributed by atoms with Crippen molar-refractivity contribution in [1.29, 1.82) is 0 Å². The number of hydrogen-bond donors (Lipinski definition) is 4. The number of para-hydroxylation sites is 1. The SMILES string of the molecule is CP(C)(=O)c1ccccc1Nc1nc(N[C@@H]2CCCN(CCCCCCCNC(=O)COc3cccc4c3C(=O)N(C3CCC(=O)NC3=O)C4=O)C2)ncc1Cl. The molecule has 3 aromatic rings. The van der Waals surface area contributed by atoms with Crippen LogP contribution in [0.4, 0.5) is 17.5 Å². The molecule has 0 radical (unpaired) electrons. The van der Waals surface area contributed by atoms with Gasteiger partial charge in [0.2, 0.25) is 17.8 Å². The topological polar surface area (TPSA) is 192 Å². The lowest BCUT2D eigenvalue weighted by Gasteiger charge is -2.33. The molecule has 2 saturated heterocycles. The third-order valence-corrected chi connectivity index (χ3v) is 11.9. The van der Waals surface area contributed by atoms with Crippen LogP contribution in [0.3, 0.4) is 0 Å². The van der Waals surface area contributed by atoms with E-state index in [0.717, 1.165) is 74.8 Å². The number of imide groups is 2. The molecule has 6 rings (SSSR count). The fourth-order valence-electron chi connectivity index (χ4n) is 7.28. The number of ether oxygens (including phenoxy) is 1. The zero-order chi connectivity index (χ0) is 39.8.